The predicted molar refractivity (Wildman–Crippen MR) is 48.5 cm³/mol. The van der Waals surface area contributed by atoms with Gasteiger partial charge in [0.25, 0.3) is 0 Å². The Hall–Kier alpha value is -0.340. The molecule has 2 N–H and O–H groups in total. The van der Waals surface area contributed by atoms with Gasteiger partial charge < -0.3 is 10.5 Å². The Labute approximate surface area is 69.4 Å². The van der Waals surface area contributed by atoms with Gasteiger partial charge >= 0.3 is 0 Å². The van der Waals surface area contributed by atoms with Crippen LogP contribution in [0.15, 0.2) is 12.2 Å². The van der Waals surface area contributed by atoms with Crippen LogP contribution in [0.5, 0.6) is 0 Å². The molecule has 0 bridgehead atoms. The molecule has 0 aromatic rings. The first kappa shape index (κ1) is 10.7. The fraction of sp³-hybridized carbons (Fsp3) is 0.778. The van der Waals surface area contributed by atoms with E-state index in [0.29, 0.717) is 6.61 Å². The van der Waals surface area contributed by atoms with E-state index in [1.807, 2.05) is 20.8 Å². The Balaban J connectivity index is 3.22. The van der Waals surface area contributed by atoms with Gasteiger partial charge in [0.05, 0.1) is 13.2 Å². The summed E-state index contributed by atoms with van der Waals surface area (Å²) in [5.74, 6) is 0. The van der Waals surface area contributed by atoms with Crippen LogP contribution in [0.1, 0.15) is 27.2 Å². The van der Waals surface area contributed by atoms with Gasteiger partial charge in [0, 0.05) is 5.54 Å². The number of hydrogen-bond donors (Lipinski definition) is 1. The topological polar surface area (TPSA) is 35.2 Å². The summed E-state index contributed by atoms with van der Waals surface area (Å²) in [6.07, 6.45) is 0.927. The molecule has 0 aromatic carbocycles. The SMILES string of the molecule is C=C(C)CCOCC(C)(C)N. The van der Waals surface area contributed by atoms with Crippen molar-refractivity contribution in [2.45, 2.75) is 32.7 Å². The van der Waals surface area contributed by atoms with Gasteiger partial charge in [0.15, 0.2) is 0 Å². The van der Waals surface area contributed by atoms with E-state index in [4.69, 9.17) is 10.5 Å². The fourth-order valence-electron chi connectivity index (χ4n) is 0.582. The monoisotopic (exact) mass is 157 g/mol. The average molecular weight is 157 g/mol. The molecule has 0 aliphatic rings. The minimum atomic E-state index is -0.213. The molecular weight excluding hydrogens is 138 g/mol. The highest BCUT2D eigenvalue weighted by Crippen LogP contribution is 2.00. The van der Waals surface area contributed by atoms with Crippen molar-refractivity contribution in [2.24, 2.45) is 5.73 Å². The highest BCUT2D eigenvalue weighted by molar-refractivity contribution is 4.87. The molecular formula is C9H19NO. The zero-order valence-electron chi connectivity index (χ0n) is 7.81. The second-order valence-corrected chi connectivity index (χ2v) is 3.75. The van der Waals surface area contributed by atoms with Crippen LogP contribution >= 0.6 is 0 Å². The Morgan fingerprint density at radius 1 is 1.55 bits per heavy atom. The molecule has 0 saturated carbocycles. The van der Waals surface area contributed by atoms with E-state index in [0.717, 1.165) is 18.6 Å². The lowest BCUT2D eigenvalue weighted by molar-refractivity contribution is 0.0997. The molecule has 0 aliphatic carbocycles. The number of nitrogens with two attached hydrogens (primary N) is 1. The molecule has 66 valence electrons. The van der Waals surface area contributed by atoms with Crippen LogP contribution in [-0.4, -0.2) is 18.8 Å². The van der Waals surface area contributed by atoms with Crippen LogP contribution in [-0.2, 0) is 4.74 Å². The number of hydrogen-bond acceptors (Lipinski definition) is 2. The van der Waals surface area contributed by atoms with Crippen molar-refractivity contribution in [1.29, 1.82) is 0 Å². The Bertz CT molecular complexity index is 124. The van der Waals surface area contributed by atoms with Crippen molar-refractivity contribution >= 4 is 0 Å². The van der Waals surface area contributed by atoms with Gasteiger partial charge in [0.2, 0.25) is 0 Å². The maximum absolute atomic E-state index is 5.70. The summed E-state index contributed by atoms with van der Waals surface area (Å²) in [5.41, 5.74) is 6.64. The van der Waals surface area contributed by atoms with E-state index in [1.54, 1.807) is 0 Å². The third-order valence-electron chi connectivity index (χ3n) is 1.15. The third kappa shape index (κ3) is 9.66. The quantitative estimate of drug-likeness (QED) is 0.487. The zero-order valence-corrected chi connectivity index (χ0v) is 7.81. The third-order valence-corrected chi connectivity index (χ3v) is 1.15. The smallest absolute Gasteiger partial charge is 0.0640 e. The highest BCUT2D eigenvalue weighted by Gasteiger charge is 2.09. The van der Waals surface area contributed by atoms with E-state index < -0.39 is 0 Å². The normalized spacial score (nSPS) is 11.6. The second-order valence-electron chi connectivity index (χ2n) is 3.75. The second kappa shape index (κ2) is 4.52. The lowest BCUT2D eigenvalue weighted by Crippen LogP contribution is -2.37. The summed E-state index contributed by atoms with van der Waals surface area (Å²) in [7, 11) is 0. The molecule has 0 fully saturated rings. The summed E-state index contributed by atoms with van der Waals surface area (Å²) >= 11 is 0. The van der Waals surface area contributed by atoms with Crippen molar-refractivity contribution in [2.75, 3.05) is 13.2 Å². The largest absolute Gasteiger partial charge is 0.379 e. The van der Waals surface area contributed by atoms with Crippen LogP contribution < -0.4 is 5.73 Å². The number of rotatable bonds is 5. The van der Waals surface area contributed by atoms with Crippen molar-refractivity contribution in [3.8, 4) is 0 Å². The van der Waals surface area contributed by atoms with Gasteiger partial charge in [0.1, 0.15) is 0 Å². The van der Waals surface area contributed by atoms with Crippen molar-refractivity contribution in [3.05, 3.63) is 12.2 Å². The molecule has 0 spiro atoms. The lowest BCUT2D eigenvalue weighted by atomic mass is 10.1. The standard InChI is InChI=1S/C9H19NO/c1-8(2)5-6-11-7-9(3,4)10/h1,5-7,10H2,2-4H3. The highest BCUT2D eigenvalue weighted by atomic mass is 16.5. The molecule has 0 heterocycles. The molecule has 0 aromatic heterocycles. The van der Waals surface area contributed by atoms with Crippen LogP contribution in [0.2, 0.25) is 0 Å². The molecule has 0 rings (SSSR count). The first-order valence-electron chi connectivity index (χ1n) is 3.93. The molecule has 2 nitrogen and oxygen atoms in total. The molecule has 11 heavy (non-hydrogen) atoms. The van der Waals surface area contributed by atoms with Gasteiger partial charge in [-0.25, -0.2) is 0 Å². The van der Waals surface area contributed by atoms with Crippen molar-refractivity contribution in [3.63, 3.8) is 0 Å². The number of ether oxygens (including phenoxy) is 1. The van der Waals surface area contributed by atoms with E-state index in [-0.39, 0.29) is 5.54 Å². The van der Waals surface area contributed by atoms with Gasteiger partial charge in [-0.15, -0.1) is 6.58 Å². The molecule has 0 atom stereocenters. The predicted octanol–water partition coefficient (Wildman–Crippen LogP) is 1.71. The maximum atomic E-state index is 5.70. The van der Waals surface area contributed by atoms with Gasteiger partial charge in [-0.1, -0.05) is 5.57 Å². The minimum Gasteiger partial charge on any atom is -0.379 e. The summed E-state index contributed by atoms with van der Waals surface area (Å²) in [6.45, 7) is 11.0. The summed E-state index contributed by atoms with van der Waals surface area (Å²) in [5, 5.41) is 0. The van der Waals surface area contributed by atoms with E-state index in [2.05, 4.69) is 6.58 Å². The van der Waals surface area contributed by atoms with Gasteiger partial charge in [-0.05, 0) is 27.2 Å². The molecule has 0 unspecified atom stereocenters. The van der Waals surface area contributed by atoms with E-state index in [1.165, 1.54) is 0 Å². The summed E-state index contributed by atoms with van der Waals surface area (Å²) < 4.78 is 5.32. The molecule has 0 saturated heterocycles. The Kier molecular flexibility index (Phi) is 4.38. The van der Waals surface area contributed by atoms with Gasteiger partial charge in [-0.3, -0.25) is 0 Å². The summed E-state index contributed by atoms with van der Waals surface area (Å²) in [4.78, 5) is 0. The Morgan fingerprint density at radius 2 is 2.09 bits per heavy atom. The van der Waals surface area contributed by atoms with E-state index in [9.17, 15) is 0 Å². The first-order chi connectivity index (χ1) is 4.92. The lowest BCUT2D eigenvalue weighted by Gasteiger charge is -2.17. The first-order valence-corrected chi connectivity index (χ1v) is 3.93. The van der Waals surface area contributed by atoms with Crippen molar-refractivity contribution < 1.29 is 4.74 Å². The summed E-state index contributed by atoms with van der Waals surface area (Å²) in [6, 6.07) is 0. The van der Waals surface area contributed by atoms with Crippen LogP contribution in [0.4, 0.5) is 0 Å². The minimum absolute atomic E-state index is 0.213. The molecule has 0 amide bonds. The molecule has 0 radical (unpaired) electrons. The van der Waals surface area contributed by atoms with Crippen LogP contribution in [0.3, 0.4) is 0 Å². The molecule has 0 aliphatic heterocycles. The van der Waals surface area contributed by atoms with Crippen LogP contribution in [0, 0.1) is 0 Å². The fourth-order valence-corrected chi connectivity index (χ4v) is 0.582. The van der Waals surface area contributed by atoms with Gasteiger partial charge in [-0.2, -0.15) is 0 Å². The van der Waals surface area contributed by atoms with Crippen LogP contribution in [0.25, 0.3) is 0 Å². The Morgan fingerprint density at radius 3 is 2.45 bits per heavy atom. The maximum Gasteiger partial charge on any atom is 0.0640 e. The zero-order chi connectivity index (χ0) is 8.91. The molecule has 2 heteroatoms. The average Bonchev–Trinajstić information content (AvgIpc) is 1.78. The van der Waals surface area contributed by atoms with Crippen molar-refractivity contribution in [1.82, 2.24) is 0 Å². The van der Waals surface area contributed by atoms with E-state index >= 15 is 0 Å².